The van der Waals surface area contributed by atoms with E-state index in [4.69, 9.17) is 4.74 Å². The van der Waals surface area contributed by atoms with Gasteiger partial charge in [-0.15, -0.1) is 0 Å². The third-order valence-electron chi connectivity index (χ3n) is 2.63. The number of amides is 1. The number of hydrogen-bond donors (Lipinski definition) is 2. The van der Waals surface area contributed by atoms with Gasteiger partial charge in [0.2, 0.25) is 5.88 Å². The molecule has 6 nitrogen and oxygen atoms in total. The lowest BCUT2D eigenvalue weighted by atomic mass is 10.3. The molecule has 110 valence electrons. The molecule has 2 heterocycles. The topological polar surface area (TPSA) is 76.1 Å². The van der Waals surface area contributed by atoms with E-state index in [1.807, 2.05) is 19.9 Å². The molecule has 21 heavy (non-hydrogen) atoms. The first-order valence-corrected chi connectivity index (χ1v) is 6.84. The minimum Gasteiger partial charge on any atom is -0.478 e. The van der Waals surface area contributed by atoms with Gasteiger partial charge in [0, 0.05) is 12.6 Å². The van der Waals surface area contributed by atoms with Crippen molar-refractivity contribution in [1.82, 2.24) is 9.97 Å². The number of aromatic nitrogens is 2. The minimum atomic E-state index is -0.277. The van der Waals surface area contributed by atoms with Crippen LogP contribution in [0.25, 0.3) is 0 Å². The molecule has 6 heteroatoms. The number of carbonyl (C=O) groups excluding carboxylic acids is 1. The Balaban J connectivity index is 2.05. The fourth-order valence-electron chi connectivity index (χ4n) is 1.72. The Morgan fingerprint density at radius 1 is 1.24 bits per heavy atom. The Kier molecular flexibility index (Phi) is 5.09. The van der Waals surface area contributed by atoms with Gasteiger partial charge in [-0.1, -0.05) is 6.07 Å². The minimum absolute atomic E-state index is 0.277. The maximum Gasteiger partial charge on any atom is 0.274 e. The average Bonchev–Trinajstić information content (AvgIpc) is 2.50. The summed E-state index contributed by atoms with van der Waals surface area (Å²) in [5.41, 5.74) is 0.946. The predicted molar refractivity (Wildman–Crippen MR) is 81.8 cm³/mol. The first-order chi connectivity index (χ1) is 10.2. The Hall–Kier alpha value is -2.63. The van der Waals surface area contributed by atoms with Crippen molar-refractivity contribution in [2.75, 3.05) is 23.8 Å². The summed E-state index contributed by atoms with van der Waals surface area (Å²) in [4.78, 5) is 20.5. The number of pyridine rings is 2. The van der Waals surface area contributed by atoms with Gasteiger partial charge in [0.1, 0.15) is 11.5 Å². The summed E-state index contributed by atoms with van der Waals surface area (Å²) < 4.78 is 5.25. The van der Waals surface area contributed by atoms with Crippen molar-refractivity contribution in [1.29, 1.82) is 0 Å². The van der Waals surface area contributed by atoms with E-state index in [2.05, 4.69) is 20.6 Å². The molecule has 0 aliphatic rings. The second-order valence-electron chi connectivity index (χ2n) is 4.21. The van der Waals surface area contributed by atoms with Gasteiger partial charge in [0.15, 0.2) is 0 Å². The molecule has 0 aromatic carbocycles. The number of anilines is 2. The van der Waals surface area contributed by atoms with Crippen LogP contribution in [0.3, 0.4) is 0 Å². The summed E-state index contributed by atoms with van der Waals surface area (Å²) >= 11 is 0. The quantitative estimate of drug-likeness (QED) is 0.853. The molecule has 2 rings (SSSR count). The fraction of sp³-hybridized carbons (Fsp3) is 0.267. The van der Waals surface area contributed by atoms with Crippen molar-refractivity contribution in [3.63, 3.8) is 0 Å². The van der Waals surface area contributed by atoms with E-state index in [9.17, 15) is 4.79 Å². The van der Waals surface area contributed by atoms with Gasteiger partial charge < -0.3 is 15.4 Å². The largest absolute Gasteiger partial charge is 0.478 e. The van der Waals surface area contributed by atoms with Crippen molar-refractivity contribution in [3.05, 3.63) is 42.2 Å². The van der Waals surface area contributed by atoms with Crippen LogP contribution in [-0.2, 0) is 0 Å². The lowest BCUT2D eigenvalue weighted by Gasteiger charge is -2.07. The molecule has 0 aliphatic heterocycles. The Labute approximate surface area is 123 Å². The summed E-state index contributed by atoms with van der Waals surface area (Å²) in [5, 5.41) is 5.82. The third-order valence-corrected chi connectivity index (χ3v) is 2.63. The second-order valence-corrected chi connectivity index (χ2v) is 4.21. The van der Waals surface area contributed by atoms with E-state index in [-0.39, 0.29) is 5.91 Å². The SMILES string of the molecule is CCNc1cccc(C(=O)Nc2ccc(OCC)nc2)n1. The predicted octanol–water partition coefficient (Wildman–Crippen LogP) is 2.56. The van der Waals surface area contributed by atoms with Crippen molar-refractivity contribution in [2.45, 2.75) is 13.8 Å². The fourth-order valence-corrected chi connectivity index (χ4v) is 1.72. The molecule has 0 atom stereocenters. The third kappa shape index (κ3) is 4.17. The Morgan fingerprint density at radius 3 is 2.76 bits per heavy atom. The number of rotatable bonds is 6. The lowest BCUT2D eigenvalue weighted by Crippen LogP contribution is -2.14. The van der Waals surface area contributed by atoms with Crippen molar-refractivity contribution < 1.29 is 9.53 Å². The van der Waals surface area contributed by atoms with Gasteiger partial charge >= 0.3 is 0 Å². The van der Waals surface area contributed by atoms with Crippen LogP contribution in [0.2, 0.25) is 0 Å². The molecule has 0 fully saturated rings. The van der Waals surface area contributed by atoms with Crippen molar-refractivity contribution >= 4 is 17.4 Å². The number of ether oxygens (including phenoxy) is 1. The lowest BCUT2D eigenvalue weighted by molar-refractivity contribution is 0.102. The van der Waals surface area contributed by atoms with Crippen LogP contribution >= 0.6 is 0 Å². The normalized spacial score (nSPS) is 10.0. The molecular weight excluding hydrogens is 268 g/mol. The maximum atomic E-state index is 12.1. The maximum absolute atomic E-state index is 12.1. The Morgan fingerprint density at radius 2 is 2.10 bits per heavy atom. The molecule has 1 amide bonds. The first-order valence-electron chi connectivity index (χ1n) is 6.84. The van der Waals surface area contributed by atoms with Crippen LogP contribution in [0.4, 0.5) is 11.5 Å². The van der Waals surface area contributed by atoms with Crippen LogP contribution in [0.1, 0.15) is 24.3 Å². The second kappa shape index (κ2) is 7.23. The molecule has 0 spiro atoms. The number of nitrogens with zero attached hydrogens (tertiary/aromatic N) is 2. The van der Waals surface area contributed by atoms with E-state index in [0.717, 1.165) is 6.54 Å². The van der Waals surface area contributed by atoms with Crippen molar-refractivity contribution in [3.8, 4) is 5.88 Å². The molecule has 0 bridgehead atoms. The monoisotopic (exact) mass is 286 g/mol. The summed E-state index contributed by atoms with van der Waals surface area (Å²) in [6.45, 7) is 5.17. The van der Waals surface area contributed by atoms with Gasteiger partial charge in [-0.05, 0) is 32.0 Å². The summed E-state index contributed by atoms with van der Waals surface area (Å²) in [6.07, 6.45) is 1.55. The molecule has 2 aromatic rings. The number of nitrogens with one attached hydrogen (secondary N) is 2. The number of hydrogen-bond acceptors (Lipinski definition) is 5. The van der Waals surface area contributed by atoms with Gasteiger partial charge in [-0.2, -0.15) is 0 Å². The van der Waals surface area contributed by atoms with Crippen LogP contribution in [0.15, 0.2) is 36.5 Å². The first kappa shape index (κ1) is 14.8. The molecule has 0 aliphatic carbocycles. The molecule has 0 radical (unpaired) electrons. The highest BCUT2D eigenvalue weighted by Gasteiger charge is 2.08. The zero-order chi connectivity index (χ0) is 15.1. The zero-order valence-corrected chi connectivity index (χ0v) is 12.1. The molecule has 2 N–H and O–H groups in total. The highest BCUT2D eigenvalue weighted by molar-refractivity contribution is 6.02. The average molecular weight is 286 g/mol. The van der Waals surface area contributed by atoms with Crippen LogP contribution in [0.5, 0.6) is 5.88 Å². The molecule has 2 aromatic heterocycles. The van der Waals surface area contributed by atoms with E-state index in [1.165, 1.54) is 0 Å². The molecule has 0 saturated carbocycles. The van der Waals surface area contributed by atoms with Gasteiger partial charge in [0.05, 0.1) is 18.5 Å². The summed E-state index contributed by atoms with van der Waals surface area (Å²) in [5.74, 6) is 0.929. The van der Waals surface area contributed by atoms with Gasteiger partial charge in [0.25, 0.3) is 5.91 Å². The van der Waals surface area contributed by atoms with Crippen LogP contribution < -0.4 is 15.4 Å². The number of carbonyl (C=O) groups is 1. The van der Waals surface area contributed by atoms with Crippen molar-refractivity contribution in [2.24, 2.45) is 0 Å². The molecule has 0 unspecified atom stereocenters. The van der Waals surface area contributed by atoms with E-state index in [1.54, 1.807) is 30.5 Å². The zero-order valence-electron chi connectivity index (χ0n) is 12.1. The highest BCUT2D eigenvalue weighted by atomic mass is 16.5. The van der Waals surface area contributed by atoms with Gasteiger partial charge in [-0.25, -0.2) is 9.97 Å². The van der Waals surface area contributed by atoms with E-state index >= 15 is 0 Å². The van der Waals surface area contributed by atoms with Gasteiger partial charge in [-0.3, -0.25) is 4.79 Å². The highest BCUT2D eigenvalue weighted by Crippen LogP contribution is 2.13. The summed E-state index contributed by atoms with van der Waals surface area (Å²) in [7, 11) is 0. The smallest absolute Gasteiger partial charge is 0.274 e. The summed E-state index contributed by atoms with van der Waals surface area (Å²) in [6, 6.07) is 8.72. The van der Waals surface area contributed by atoms with Crippen LogP contribution in [0, 0.1) is 0 Å². The van der Waals surface area contributed by atoms with E-state index < -0.39 is 0 Å². The van der Waals surface area contributed by atoms with E-state index in [0.29, 0.717) is 29.7 Å². The molecular formula is C15H18N4O2. The standard InChI is InChI=1S/C15H18N4O2/c1-3-16-13-7-5-6-12(19-13)15(20)18-11-8-9-14(17-10-11)21-4-2/h5-10H,3-4H2,1-2H3,(H,16,19)(H,18,20). The van der Waals surface area contributed by atoms with Crippen LogP contribution in [-0.4, -0.2) is 29.0 Å². The Bertz CT molecular complexity index is 599. The molecule has 0 saturated heterocycles.